The monoisotopic (exact) mass is 390 g/mol. The van der Waals surface area contributed by atoms with E-state index in [9.17, 15) is 13.2 Å². The van der Waals surface area contributed by atoms with E-state index in [1.54, 1.807) is 0 Å². The first-order valence-electron chi connectivity index (χ1n) is 7.73. The van der Waals surface area contributed by atoms with Crippen LogP contribution in [-0.4, -0.2) is 75.3 Å². The van der Waals surface area contributed by atoms with Crippen LogP contribution >= 0.6 is 11.8 Å². The number of nitrogens with one attached hydrogen (secondary N) is 1. The highest BCUT2D eigenvalue weighted by Crippen LogP contribution is 2.29. The number of hydrogen-bond acceptors (Lipinski definition) is 7. The molecule has 0 bridgehead atoms. The lowest BCUT2D eigenvalue weighted by Crippen LogP contribution is -2.40. The van der Waals surface area contributed by atoms with E-state index < -0.39 is 10.0 Å². The van der Waals surface area contributed by atoms with E-state index in [1.165, 1.54) is 41.4 Å². The van der Waals surface area contributed by atoms with Crippen LogP contribution in [0.5, 0.6) is 5.75 Å². The Balaban J connectivity index is 2.14. The summed E-state index contributed by atoms with van der Waals surface area (Å²) in [6, 6.07) is 4.37. The minimum Gasteiger partial charge on any atom is -0.495 e. The Hall–Kier alpha value is -1.33. The first-order valence-corrected chi connectivity index (χ1v) is 10.3. The number of nitrogens with zero attached hydrogens (tertiary/aromatic N) is 1. The summed E-state index contributed by atoms with van der Waals surface area (Å²) in [6.07, 6.45) is 0. The highest BCUT2D eigenvalue weighted by Gasteiger charge is 2.27. The first-order chi connectivity index (χ1) is 12.0. The van der Waals surface area contributed by atoms with E-state index in [-0.39, 0.29) is 28.9 Å². The fraction of sp³-hybridized carbons (Fsp3) is 0.533. The molecule has 1 fully saturated rings. The summed E-state index contributed by atoms with van der Waals surface area (Å²) in [4.78, 5) is 12.0. The lowest BCUT2D eigenvalue weighted by atomic mass is 10.3. The molecule has 8 nitrogen and oxygen atoms in total. The van der Waals surface area contributed by atoms with E-state index in [2.05, 4.69) is 5.32 Å². The third kappa shape index (κ3) is 5.32. The Morgan fingerprint density at radius 2 is 2.12 bits per heavy atom. The van der Waals surface area contributed by atoms with Crippen LogP contribution in [0, 0.1) is 0 Å². The van der Waals surface area contributed by atoms with Crippen LogP contribution < -0.4 is 10.1 Å². The Kier molecular flexibility index (Phi) is 7.51. The van der Waals surface area contributed by atoms with Crippen molar-refractivity contribution in [1.29, 1.82) is 0 Å². The maximum absolute atomic E-state index is 12.7. The van der Waals surface area contributed by atoms with Crippen molar-refractivity contribution in [3.63, 3.8) is 0 Å². The predicted octanol–water partition coefficient (Wildman–Crippen LogP) is 0.380. The molecular formula is C15H22N2O6S2. The number of methoxy groups -OCH3 is 1. The van der Waals surface area contributed by atoms with Gasteiger partial charge in [-0.15, -0.1) is 11.8 Å². The zero-order valence-electron chi connectivity index (χ0n) is 13.9. The normalized spacial score (nSPS) is 15.8. The van der Waals surface area contributed by atoms with Crippen LogP contribution in [0.4, 0.5) is 5.69 Å². The summed E-state index contributed by atoms with van der Waals surface area (Å²) >= 11 is 1.30. The molecular weight excluding hydrogens is 368 g/mol. The lowest BCUT2D eigenvalue weighted by molar-refractivity contribution is -0.113. The van der Waals surface area contributed by atoms with Gasteiger partial charge in [0.2, 0.25) is 15.9 Å². The van der Waals surface area contributed by atoms with Crippen LogP contribution in [0.25, 0.3) is 0 Å². The molecule has 1 heterocycles. The number of ether oxygens (including phenoxy) is 2. The summed E-state index contributed by atoms with van der Waals surface area (Å²) in [6.45, 7) is 1.37. The number of benzene rings is 1. The van der Waals surface area contributed by atoms with Crippen molar-refractivity contribution in [2.45, 2.75) is 4.90 Å². The molecule has 140 valence electrons. The number of carbonyl (C=O) groups is 1. The minimum absolute atomic E-state index is 0.00929. The van der Waals surface area contributed by atoms with Gasteiger partial charge in [-0.05, 0) is 12.1 Å². The largest absolute Gasteiger partial charge is 0.495 e. The smallest absolute Gasteiger partial charge is 0.243 e. The standard InChI is InChI=1S/C15H22N2O6S2/c1-22-14-10-12(25(20,21)17-4-7-23-8-5-17)2-3-13(14)16-15(19)11-24-9-6-18/h2-3,10,18H,4-9,11H2,1H3,(H,16,19). The van der Waals surface area contributed by atoms with Crippen LogP contribution in [-0.2, 0) is 19.6 Å². The van der Waals surface area contributed by atoms with Gasteiger partial charge in [-0.3, -0.25) is 4.79 Å². The molecule has 0 spiro atoms. The van der Waals surface area contributed by atoms with Crippen LogP contribution in [0.2, 0.25) is 0 Å². The molecule has 0 atom stereocenters. The molecule has 1 aliphatic heterocycles. The maximum Gasteiger partial charge on any atom is 0.243 e. The van der Waals surface area contributed by atoms with Gasteiger partial charge in [0.25, 0.3) is 0 Å². The third-order valence-corrected chi connectivity index (χ3v) is 6.36. The van der Waals surface area contributed by atoms with Gasteiger partial charge in [0.1, 0.15) is 5.75 Å². The molecule has 0 aliphatic carbocycles. The maximum atomic E-state index is 12.7. The Morgan fingerprint density at radius 3 is 2.76 bits per heavy atom. The second-order valence-electron chi connectivity index (χ2n) is 5.20. The van der Waals surface area contributed by atoms with Gasteiger partial charge in [-0.2, -0.15) is 4.31 Å². The van der Waals surface area contributed by atoms with Gasteiger partial charge in [0.15, 0.2) is 0 Å². The average molecular weight is 390 g/mol. The number of sulfonamides is 1. The summed E-state index contributed by atoms with van der Waals surface area (Å²) in [5.74, 6) is 0.689. The highest BCUT2D eigenvalue weighted by atomic mass is 32.2. The molecule has 1 saturated heterocycles. The number of carbonyl (C=O) groups excluding carboxylic acids is 1. The number of aliphatic hydroxyl groups is 1. The minimum atomic E-state index is -3.63. The zero-order valence-corrected chi connectivity index (χ0v) is 15.6. The topological polar surface area (TPSA) is 105 Å². The highest BCUT2D eigenvalue weighted by molar-refractivity contribution is 7.99. The van der Waals surface area contributed by atoms with Gasteiger partial charge in [-0.1, -0.05) is 0 Å². The number of anilines is 1. The summed E-state index contributed by atoms with van der Waals surface area (Å²) < 4.78 is 37.1. The van der Waals surface area contributed by atoms with E-state index in [1.807, 2.05) is 0 Å². The van der Waals surface area contributed by atoms with Crippen molar-refractivity contribution >= 4 is 33.4 Å². The van der Waals surface area contributed by atoms with Crippen molar-refractivity contribution in [1.82, 2.24) is 4.31 Å². The summed E-state index contributed by atoms with van der Waals surface area (Å²) in [5, 5.41) is 11.4. The molecule has 0 unspecified atom stereocenters. The van der Waals surface area contributed by atoms with Gasteiger partial charge in [-0.25, -0.2) is 8.42 Å². The quantitative estimate of drug-likeness (QED) is 0.618. The Morgan fingerprint density at radius 1 is 1.40 bits per heavy atom. The number of hydrogen-bond donors (Lipinski definition) is 2. The Bertz CT molecular complexity index is 689. The molecule has 0 aromatic heterocycles. The third-order valence-electron chi connectivity index (χ3n) is 3.52. The Labute approximate surface area is 151 Å². The van der Waals surface area contributed by atoms with Crippen molar-refractivity contribution in [3.05, 3.63) is 18.2 Å². The second kappa shape index (κ2) is 9.39. The van der Waals surface area contributed by atoms with E-state index in [4.69, 9.17) is 14.6 Å². The number of thioether (sulfide) groups is 1. The van der Waals surface area contributed by atoms with Gasteiger partial charge in [0, 0.05) is 24.9 Å². The van der Waals surface area contributed by atoms with Gasteiger partial charge in [0.05, 0.1) is 43.3 Å². The predicted molar refractivity (Wildman–Crippen MR) is 95.6 cm³/mol. The molecule has 2 N–H and O–H groups in total. The number of morpholine rings is 1. The molecule has 0 saturated carbocycles. The molecule has 2 rings (SSSR count). The van der Waals surface area contributed by atoms with Crippen molar-refractivity contribution in [2.24, 2.45) is 0 Å². The van der Waals surface area contributed by atoms with Gasteiger partial charge >= 0.3 is 0 Å². The molecule has 1 amide bonds. The van der Waals surface area contributed by atoms with Crippen LogP contribution in [0.3, 0.4) is 0 Å². The second-order valence-corrected chi connectivity index (χ2v) is 8.25. The fourth-order valence-electron chi connectivity index (χ4n) is 2.29. The fourth-order valence-corrected chi connectivity index (χ4v) is 4.24. The van der Waals surface area contributed by atoms with Crippen molar-refractivity contribution in [2.75, 3.05) is 56.8 Å². The first kappa shape index (κ1) is 20.0. The molecule has 0 radical (unpaired) electrons. The number of aliphatic hydroxyl groups excluding tert-OH is 1. The van der Waals surface area contributed by atoms with Crippen LogP contribution in [0.1, 0.15) is 0 Å². The van der Waals surface area contributed by atoms with Crippen LogP contribution in [0.15, 0.2) is 23.1 Å². The SMILES string of the molecule is COc1cc(S(=O)(=O)N2CCOCC2)ccc1NC(=O)CSCCO. The number of rotatable bonds is 8. The number of amides is 1. The van der Waals surface area contributed by atoms with Crippen molar-refractivity contribution in [3.8, 4) is 5.75 Å². The molecule has 1 aromatic carbocycles. The van der Waals surface area contributed by atoms with Crippen molar-refractivity contribution < 1.29 is 27.8 Å². The summed E-state index contributed by atoms with van der Waals surface area (Å²) in [5.41, 5.74) is 0.401. The average Bonchev–Trinajstić information content (AvgIpc) is 2.63. The zero-order chi connectivity index (χ0) is 18.3. The molecule has 10 heteroatoms. The molecule has 1 aromatic rings. The van der Waals surface area contributed by atoms with E-state index in [0.717, 1.165) is 0 Å². The molecule has 25 heavy (non-hydrogen) atoms. The lowest BCUT2D eigenvalue weighted by Gasteiger charge is -2.26. The van der Waals surface area contributed by atoms with E-state index >= 15 is 0 Å². The van der Waals surface area contributed by atoms with Gasteiger partial charge < -0.3 is 19.9 Å². The van der Waals surface area contributed by atoms with E-state index in [0.29, 0.717) is 37.7 Å². The molecule has 1 aliphatic rings. The summed E-state index contributed by atoms with van der Waals surface area (Å²) in [7, 11) is -2.22.